The van der Waals surface area contributed by atoms with Gasteiger partial charge in [-0.05, 0) is 43.5 Å². The minimum atomic E-state index is -0.519. The molecule has 0 radical (unpaired) electrons. The molecule has 1 aliphatic carbocycles. The van der Waals surface area contributed by atoms with Crippen LogP contribution in [-0.4, -0.2) is 35.9 Å². The van der Waals surface area contributed by atoms with E-state index in [9.17, 15) is 14.7 Å². The summed E-state index contributed by atoms with van der Waals surface area (Å²) in [6.45, 7) is 2.04. The second kappa shape index (κ2) is 12.9. The fourth-order valence-electron chi connectivity index (χ4n) is 4.42. The number of aliphatic hydroxyl groups is 1. The number of rotatable bonds is 11. The third kappa shape index (κ3) is 7.03. The summed E-state index contributed by atoms with van der Waals surface area (Å²) in [4.78, 5) is 25.4. The minimum Gasteiger partial charge on any atom is -0.458 e. The summed E-state index contributed by atoms with van der Waals surface area (Å²) >= 11 is 0. The second-order valence-corrected chi connectivity index (χ2v) is 8.57. The van der Waals surface area contributed by atoms with Gasteiger partial charge in [0, 0.05) is 24.9 Å². The highest BCUT2D eigenvalue weighted by molar-refractivity contribution is 5.90. The highest BCUT2D eigenvalue weighted by Gasteiger charge is 2.46. The Morgan fingerprint density at radius 3 is 1.91 bits per heavy atom. The van der Waals surface area contributed by atoms with Gasteiger partial charge in [0.05, 0.1) is 11.1 Å². The number of unbranched alkanes of at least 4 members (excludes halogenated alkanes) is 3. The molecule has 33 heavy (non-hydrogen) atoms. The van der Waals surface area contributed by atoms with Crippen LogP contribution in [0.25, 0.3) is 0 Å². The van der Waals surface area contributed by atoms with Crippen LogP contribution >= 0.6 is 0 Å². The van der Waals surface area contributed by atoms with E-state index in [0.717, 1.165) is 12.8 Å². The highest BCUT2D eigenvalue weighted by Crippen LogP contribution is 2.39. The van der Waals surface area contributed by atoms with Crippen molar-refractivity contribution in [1.29, 1.82) is 0 Å². The molecule has 5 heteroatoms. The number of hydrogen-bond donors (Lipinski definition) is 1. The first-order chi connectivity index (χ1) is 16.1. The van der Waals surface area contributed by atoms with Gasteiger partial charge in [-0.2, -0.15) is 0 Å². The monoisotopic (exact) mass is 450 g/mol. The lowest BCUT2D eigenvalue weighted by atomic mass is 9.90. The van der Waals surface area contributed by atoms with E-state index in [1.807, 2.05) is 12.1 Å². The summed E-state index contributed by atoms with van der Waals surface area (Å²) < 4.78 is 11.7. The number of carbonyl (C=O) groups excluding carboxylic acids is 2. The third-order valence-corrected chi connectivity index (χ3v) is 6.27. The van der Waals surface area contributed by atoms with Crippen LogP contribution in [0.2, 0.25) is 0 Å². The maximum atomic E-state index is 12.7. The Morgan fingerprint density at radius 2 is 1.39 bits per heavy atom. The molecule has 3 rings (SSSR count). The number of ether oxygens (including phenoxy) is 2. The molecule has 1 saturated carbocycles. The van der Waals surface area contributed by atoms with Gasteiger partial charge in [0.2, 0.25) is 0 Å². The Bertz CT molecular complexity index is 893. The van der Waals surface area contributed by atoms with Crippen LogP contribution in [0.15, 0.2) is 72.8 Å². The first kappa shape index (κ1) is 24.7. The third-order valence-electron chi connectivity index (χ3n) is 6.27. The zero-order valence-corrected chi connectivity index (χ0v) is 19.3. The molecular weight excluding hydrogens is 416 g/mol. The summed E-state index contributed by atoms with van der Waals surface area (Å²) in [7, 11) is 0. The van der Waals surface area contributed by atoms with Gasteiger partial charge in [0.25, 0.3) is 0 Å². The molecule has 0 bridgehead atoms. The fourth-order valence-corrected chi connectivity index (χ4v) is 4.42. The van der Waals surface area contributed by atoms with Crippen molar-refractivity contribution in [2.45, 2.75) is 57.7 Å². The van der Waals surface area contributed by atoms with Crippen LogP contribution in [0, 0.1) is 11.8 Å². The van der Waals surface area contributed by atoms with Crippen LogP contribution < -0.4 is 0 Å². The van der Waals surface area contributed by atoms with Gasteiger partial charge in [-0.1, -0.05) is 68.3 Å². The summed E-state index contributed by atoms with van der Waals surface area (Å²) in [5.41, 5.74) is 0.947. The van der Waals surface area contributed by atoms with Crippen molar-refractivity contribution in [2.24, 2.45) is 11.8 Å². The lowest BCUT2D eigenvalue weighted by molar-refractivity contribution is 0.00769. The normalized spacial score (nSPS) is 22.4. The van der Waals surface area contributed by atoms with E-state index >= 15 is 0 Å². The SMILES string of the molecule is CCCCC/C=C\C[C@@H]1[C@H](CO)[C@@H](OC(=O)c2ccccc2)C[C@H]1OC(=O)c1ccccc1. The van der Waals surface area contributed by atoms with E-state index in [-0.39, 0.29) is 18.4 Å². The first-order valence-electron chi connectivity index (χ1n) is 11.9. The molecule has 0 unspecified atom stereocenters. The van der Waals surface area contributed by atoms with Gasteiger partial charge in [-0.25, -0.2) is 9.59 Å². The van der Waals surface area contributed by atoms with Crippen molar-refractivity contribution < 1.29 is 24.2 Å². The van der Waals surface area contributed by atoms with E-state index in [4.69, 9.17) is 9.47 Å². The Hall–Kier alpha value is -2.92. The minimum absolute atomic E-state index is 0.126. The van der Waals surface area contributed by atoms with E-state index in [0.29, 0.717) is 24.0 Å². The Kier molecular flexibility index (Phi) is 9.70. The lowest BCUT2D eigenvalue weighted by Gasteiger charge is -2.24. The number of allylic oxidation sites excluding steroid dienone is 2. The molecule has 1 aliphatic rings. The molecule has 176 valence electrons. The number of carbonyl (C=O) groups is 2. The van der Waals surface area contributed by atoms with Crippen LogP contribution in [-0.2, 0) is 9.47 Å². The topological polar surface area (TPSA) is 72.8 Å². The van der Waals surface area contributed by atoms with Gasteiger partial charge >= 0.3 is 11.9 Å². The zero-order chi connectivity index (χ0) is 23.5. The number of hydrogen-bond acceptors (Lipinski definition) is 5. The molecule has 0 aliphatic heterocycles. The number of esters is 2. The summed E-state index contributed by atoms with van der Waals surface area (Å²) in [5, 5.41) is 10.2. The molecule has 1 fully saturated rings. The van der Waals surface area contributed by atoms with Crippen molar-refractivity contribution in [3.8, 4) is 0 Å². The van der Waals surface area contributed by atoms with Crippen LogP contribution in [0.5, 0.6) is 0 Å². The quantitative estimate of drug-likeness (QED) is 0.274. The van der Waals surface area contributed by atoms with Crippen molar-refractivity contribution in [3.63, 3.8) is 0 Å². The predicted molar refractivity (Wildman–Crippen MR) is 128 cm³/mol. The summed E-state index contributed by atoms with van der Waals surface area (Å²) in [6.07, 6.45) is 8.85. The average Bonchev–Trinajstić information content (AvgIpc) is 3.17. The lowest BCUT2D eigenvalue weighted by Crippen LogP contribution is -2.29. The first-order valence-corrected chi connectivity index (χ1v) is 11.9. The van der Waals surface area contributed by atoms with E-state index in [1.54, 1.807) is 48.5 Å². The molecule has 0 saturated heterocycles. The molecule has 2 aromatic carbocycles. The van der Waals surface area contributed by atoms with Gasteiger partial charge in [0.15, 0.2) is 0 Å². The van der Waals surface area contributed by atoms with Crippen molar-refractivity contribution >= 4 is 11.9 Å². The maximum absolute atomic E-state index is 12.7. The van der Waals surface area contributed by atoms with E-state index in [2.05, 4.69) is 19.1 Å². The largest absolute Gasteiger partial charge is 0.458 e. The maximum Gasteiger partial charge on any atom is 0.338 e. The van der Waals surface area contributed by atoms with Gasteiger partial charge < -0.3 is 14.6 Å². The molecule has 1 N–H and O–H groups in total. The molecule has 5 nitrogen and oxygen atoms in total. The van der Waals surface area contributed by atoms with Crippen LogP contribution in [0.3, 0.4) is 0 Å². The van der Waals surface area contributed by atoms with Crippen LogP contribution in [0.1, 0.15) is 66.2 Å². The molecule has 0 heterocycles. The Balaban J connectivity index is 1.72. The van der Waals surface area contributed by atoms with Gasteiger partial charge in [-0.3, -0.25) is 0 Å². The van der Waals surface area contributed by atoms with Gasteiger partial charge in [0.1, 0.15) is 12.2 Å². The molecule has 2 aromatic rings. The fraction of sp³-hybridized carbons (Fsp3) is 0.429. The van der Waals surface area contributed by atoms with Crippen molar-refractivity contribution in [1.82, 2.24) is 0 Å². The van der Waals surface area contributed by atoms with E-state index in [1.165, 1.54) is 12.8 Å². The van der Waals surface area contributed by atoms with Gasteiger partial charge in [-0.15, -0.1) is 0 Å². The highest BCUT2D eigenvalue weighted by atomic mass is 16.6. The van der Waals surface area contributed by atoms with Crippen LogP contribution in [0.4, 0.5) is 0 Å². The smallest absolute Gasteiger partial charge is 0.338 e. The second-order valence-electron chi connectivity index (χ2n) is 8.57. The van der Waals surface area contributed by atoms with Crippen molar-refractivity contribution in [2.75, 3.05) is 6.61 Å². The predicted octanol–water partition coefficient (Wildman–Crippen LogP) is 5.59. The molecule has 0 aromatic heterocycles. The number of aliphatic hydroxyl groups excluding tert-OH is 1. The Labute approximate surface area is 196 Å². The molecule has 0 amide bonds. The molecule has 4 atom stereocenters. The average molecular weight is 451 g/mol. The zero-order valence-electron chi connectivity index (χ0n) is 19.3. The summed E-state index contributed by atoms with van der Waals surface area (Å²) in [6, 6.07) is 17.7. The van der Waals surface area contributed by atoms with E-state index < -0.39 is 24.1 Å². The van der Waals surface area contributed by atoms with Crippen molar-refractivity contribution in [3.05, 3.63) is 83.9 Å². The number of benzene rings is 2. The molecular formula is C28H34O5. The standard InChI is InChI=1S/C28H34O5/c1-2-3-4-5-6-13-18-23-24(20-29)26(33-28(31)22-16-11-8-12-17-22)19-25(23)32-27(30)21-14-9-7-10-15-21/h6-17,23-26,29H,2-5,18-20H2,1H3/b13-6-/t23-,24+,25-,26+/m1/s1. The summed E-state index contributed by atoms with van der Waals surface area (Å²) in [5.74, 6) is -1.25. The molecule has 0 spiro atoms. The Morgan fingerprint density at radius 1 is 0.848 bits per heavy atom.